The molecule has 0 atom stereocenters. The van der Waals surface area contributed by atoms with Crippen LogP contribution in [0.5, 0.6) is 11.5 Å². The first-order valence-corrected chi connectivity index (χ1v) is 7.15. The Labute approximate surface area is 133 Å². The average molecular weight is 311 g/mol. The molecule has 0 aliphatic carbocycles. The van der Waals surface area contributed by atoms with Crippen molar-refractivity contribution in [2.75, 3.05) is 14.2 Å². The number of fused-ring (bicyclic) bond motifs is 1. The Balaban J connectivity index is 1.79. The van der Waals surface area contributed by atoms with Gasteiger partial charge in [-0.05, 0) is 24.3 Å². The van der Waals surface area contributed by atoms with Crippen molar-refractivity contribution in [3.05, 3.63) is 53.9 Å². The summed E-state index contributed by atoms with van der Waals surface area (Å²) in [5, 5.41) is 2.83. The molecule has 0 aliphatic rings. The number of H-pyrrole nitrogens is 1. The van der Waals surface area contributed by atoms with E-state index in [4.69, 9.17) is 9.47 Å². The van der Waals surface area contributed by atoms with Crippen molar-refractivity contribution >= 4 is 16.9 Å². The first-order chi connectivity index (χ1) is 11.2. The lowest BCUT2D eigenvalue weighted by atomic mass is 10.1. The molecule has 0 fully saturated rings. The fourth-order valence-electron chi connectivity index (χ4n) is 2.42. The minimum Gasteiger partial charge on any atom is -0.496 e. The number of hydrogen-bond acceptors (Lipinski definition) is 4. The molecule has 6 nitrogen and oxygen atoms in total. The zero-order valence-electron chi connectivity index (χ0n) is 12.9. The smallest absolute Gasteiger partial charge is 0.259 e. The maximum absolute atomic E-state index is 12.5. The van der Waals surface area contributed by atoms with Crippen LogP contribution < -0.4 is 14.8 Å². The standard InChI is InChI=1S/C17H17N3O3/c1-22-13-8-5-9-14(23-2)16(13)17(21)18-10-15-19-11-6-3-4-7-12(11)20-15/h3-9H,10H2,1-2H3,(H,18,21)(H,19,20). The minimum atomic E-state index is -0.278. The monoisotopic (exact) mass is 311 g/mol. The van der Waals surface area contributed by atoms with Gasteiger partial charge in [-0.25, -0.2) is 4.98 Å². The normalized spacial score (nSPS) is 10.5. The van der Waals surface area contributed by atoms with E-state index < -0.39 is 0 Å². The molecular weight excluding hydrogens is 294 g/mol. The fraction of sp³-hybridized carbons (Fsp3) is 0.176. The minimum absolute atomic E-state index is 0.278. The Morgan fingerprint density at radius 2 is 1.78 bits per heavy atom. The molecule has 2 aromatic carbocycles. The van der Waals surface area contributed by atoms with Crippen molar-refractivity contribution in [1.82, 2.24) is 15.3 Å². The van der Waals surface area contributed by atoms with Crippen LogP contribution >= 0.6 is 0 Å². The second kappa shape index (κ2) is 6.39. The number of imidazole rings is 1. The van der Waals surface area contributed by atoms with E-state index in [0.29, 0.717) is 22.9 Å². The molecule has 0 radical (unpaired) electrons. The number of ether oxygens (including phenoxy) is 2. The third-order valence-electron chi connectivity index (χ3n) is 3.51. The number of methoxy groups -OCH3 is 2. The van der Waals surface area contributed by atoms with E-state index in [1.165, 1.54) is 14.2 Å². The summed E-state index contributed by atoms with van der Waals surface area (Å²) in [6.07, 6.45) is 0. The highest BCUT2D eigenvalue weighted by atomic mass is 16.5. The first-order valence-electron chi connectivity index (χ1n) is 7.15. The van der Waals surface area contributed by atoms with E-state index in [0.717, 1.165) is 11.0 Å². The summed E-state index contributed by atoms with van der Waals surface area (Å²) in [5.74, 6) is 1.34. The second-order valence-electron chi connectivity index (χ2n) is 4.92. The number of amides is 1. The van der Waals surface area contributed by atoms with Gasteiger partial charge in [0.05, 0.1) is 31.8 Å². The summed E-state index contributed by atoms with van der Waals surface area (Å²) in [7, 11) is 3.04. The van der Waals surface area contributed by atoms with Crippen LogP contribution in [-0.2, 0) is 6.54 Å². The lowest BCUT2D eigenvalue weighted by Gasteiger charge is -2.12. The highest BCUT2D eigenvalue weighted by Gasteiger charge is 2.18. The summed E-state index contributed by atoms with van der Waals surface area (Å²) in [6.45, 7) is 0.286. The van der Waals surface area contributed by atoms with Gasteiger partial charge in [0, 0.05) is 0 Å². The van der Waals surface area contributed by atoms with E-state index in [1.54, 1.807) is 18.2 Å². The summed E-state index contributed by atoms with van der Waals surface area (Å²) < 4.78 is 10.5. The molecule has 0 unspecified atom stereocenters. The fourth-order valence-corrected chi connectivity index (χ4v) is 2.42. The van der Waals surface area contributed by atoms with Crippen LogP contribution in [0.15, 0.2) is 42.5 Å². The van der Waals surface area contributed by atoms with Gasteiger partial charge in [-0.3, -0.25) is 4.79 Å². The summed E-state index contributed by atoms with van der Waals surface area (Å²) >= 11 is 0. The van der Waals surface area contributed by atoms with Crippen molar-refractivity contribution in [2.24, 2.45) is 0 Å². The highest BCUT2D eigenvalue weighted by Crippen LogP contribution is 2.28. The van der Waals surface area contributed by atoms with E-state index >= 15 is 0 Å². The van der Waals surface area contributed by atoms with Crippen LogP contribution in [0.4, 0.5) is 0 Å². The Morgan fingerprint density at radius 1 is 1.09 bits per heavy atom. The molecule has 1 aromatic heterocycles. The molecule has 0 saturated carbocycles. The van der Waals surface area contributed by atoms with Crippen LogP contribution in [-0.4, -0.2) is 30.1 Å². The number of aromatic amines is 1. The third-order valence-corrected chi connectivity index (χ3v) is 3.51. The maximum Gasteiger partial charge on any atom is 0.259 e. The highest BCUT2D eigenvalue weighted by molar-refractivity contribution is 5.99. The number of aromatic nitrogens is 2. The predicted molar refractivity (Wildman–Crippen MR) is 86.8 cm³/mol. The number of hydrogen-bond donors (Lipinski definition) is 2. The molecule has 23 heavy (non-hydrogen) atoms. The molecule has 0 saturated heterocycles. The lowest BCUT2D eigenvalue weighted by molar-refractivity contribution is 0.0943. The van der Waals surface area contributed by atoms with Crippen molar-refractivity contribution in [1.29, 1.82) is 0 Å². The van der Waals surface area contributed by atoms with Gasteiger partial charge in [-0.2, -0.15) is 0 Å². The topological polar surface area (TPSA) is 76.2 Å². The first kappa shape index (κ1) is 14.9. The van der Waals surface area contributed by atoms with Crippen molar-refractivity contribution in [3.8, 4) is 11.5 Å². The van der Waals surface area contributed by atoms with Gasteiger partial charge in [0.25, 0.3) is 5.91 Å². The number of benzene rings is 2. The Kier molecular flexibility index (Phi) is 4.14. The number of carbonyl (C=O) groups excluding carboxylic acids is 1. The SMILES string of the molecule is COc1cccc(OC)c1C(=O)NCc1nc2ccccc2[nH]1. The molecule has 2 N–H and O–H groups in total. The van der Waals surface area contributed by atoms with E-state index in [-0.39, 0.29) is 12.5 Å². The predicted octanol–water partition coefficient (Wildman–Crippen LogP) is 2.51. The van der Waals surface area contributed by atoms with Crippen molar-refractivity contribution in [3.63, 3.8) is 0 Å². The Morgan fingerprint density at radius 3 is 2.43 bits per heavy atom. The number of nitrogens with zero attached hydrogens (tertiary/aromatic N) is 1. The quantitative estimate of drug-likeness (QED) is 0.759. The van der Waals surface area contributed by atoms with E-state index in [9.17, 15) is 4.79 Å². The third kappa shape index (κ3) is 2.96. The van der Waals surface area contributed by atoms with Gasteiger partial charge in [-0.1, -0.05) is 18.2 Å². The van der Waals surface area contributed by atoms with Crippen LogP contribution in [0.25, 0.3) is 11.0 Å². The average Bonchev–Trinajstić information content (AvgIpc) is 3.01. The maximum atomic E-state index is 12.5. The Bertz CT molecular complexity index is 787. The van der Waals surface area contributed by atoms with Crippen LogP contribution in [0.3, 0.4) is 0 Å². The van der Waals surface area contributed by atoms with Gasteiger partial charge in [0.1, 0.15) is 22.9 Å². The summed E-state index contributed by atoms with van der Waals surface area (Å²) in [5.41, 5.74) is 2.17. The van der Waals surface area contributed by atoms with Gasteiger partial charge in [0.2, 0.25) is 0 Å². The zero-order valence-corrected chi connectivity index (χ0v) is 12.9. The van der Waals surface area contributed by atoms with Gasteiger partial charge in [0.15, 0.2) is 0 Å². The molecule has 3 rings (SSSR count). The van der Waals surface area contributed by atoms with Crippen molar-refractivity contribution in [2.45, 2.75) is 6.54 Å². The molecule has 3 aromatic rings. The molecule has 0 aliphatic heterocycles. The molecule has 1 heterocycles. The number of rotatable bonds is 5. The summed E-state index contributed by atoms with van der Waals surface area (Å²) in [6, 6.07) is 12.9. The van der Waals surface area contributed by atoms with Gasteiger partial charge < -0.3 is 19.8 Å². The molecule has 118 valence electrons. The number of para-hydroxylation sites is 2. The molecular formula is C17H17N3O3. The zero-order chi connectivity index (χ0) is 16.2. The van der Waals surface area contributed by atoms with Crippen LogP contribution in [0.1, 0.15) is 16.2 Å². The largest absolute Gasteiger partial charge is 0.496 e. The number of carbonyl (C=O) groups is 1. The Hall–Kier alpha value is -3.02. The van der Waals surface area contributed by atoms with Crippen LogP contribution in [0.2, 0.25) is 0 Å². The second-order valence-corrected chi connectivity index (χ2v) is 4.92. The summed E-state index contributed by atoms with van der Waals surface area (Å²) in [4.78, 5) is 20.1. The van der Waals surface area contributed by atoms with Gasteiger partial charge in [-0.15, -0.1) is 0 Å². The molecule has 6 heteroatoms. The number of nitrogens with one attached hydrogen (secondary N) is 2. The van der Waals surface area contributed by atoms with E-state index in [1.807, 2.05) is 24.3 Å². The molecule has 0 bridgehead atoms. The van der Waals surface area contributed by atoms with Gasteiger partial charge >= 0.3 is 0 Å². The van der Waals surface area contributed by atoms with Crippen molar-refractivity contribution < 1.29 is 14.3 Å². The molecule has 0 spiro atoms. The van der Waals surface area contributed by atoms with E-state index in [2.05, 4.69) is 15.3 Å². The lowest BCUT2D eigenvalue weighted by Crippen LogP contribution is -2.24. The molecule has 1 amide bonds. The van der Waals surface area contributed by atoms with Crippen LogP contribution in [0, 0.1) is 0 Å².